The third kappa shape index (κ3) is 4.79. The van der Waals surface area contributed by atoms with Gasteiger partial charge in [-0.2, -0.15) is 4.98 Å². The molecule has 1 saturated carbocycles. The van der Waals surface area contributed by atoms with Gasteiger partial charge in [-0.3, -0.25) is 0 Å². The standard InChI is InChI=1S/C28H35ClN4O/c1-20-8-9-23(18-21(20)2)28(12-5-13-28)27-31-26(34-32-27)19-30-14-17-33-15-10-22(11-16-33)24-6-3-4-7-25(24)29/h3-4,6-9,18,22,30H,5,10-17,19H2,1-2H3. The Labute approximate surface area is 207 Å². The SMILES string of the molecule is Cc1ccc(C2(c3noc(CNCCN4CCC(c5ccccc5Cl)CC4)n3)CCC2)cc1C. The van der Waals surface area contributed by atoms with E-state index in [9.17, 15) is 0 Å². The zero-order chi connectivity index (χ0) is 23.5. The predicted octanol–water partition coefficient (Wildman–Crippen LogP) is 5.78. The molecule has 6 heteroatoms. The summed E-state index contributed by atoms with van der Waals surface area (Å²) in [6.07, 6.45) is 5.72. The van der Waals surface area contributed by atoms with Gasteiger partial charge in [0, 0.05) is 18.1 Å². The van der Waals surface area contributed by atoms with Crippen molar-refractivity contribution in [1.29, 1.82) is 0 Å². The van der Waals surface area contributed by atoms with Gasteiger partial charge in [0.2, 0.25) is 5.89 Å². The number of rotatable bonds is 8. The van der Waals surface area contributed by atoms with Gasteiger partial charge < -0.3 is 14.7 Å². The van der Waals surface area contributed by atoms with Crippen molar-refractivity contribution in [2.24, 2.45) is 0 Å². The van der Waals surface area contributed by atoms with E-state index in [1.807, 2.05) is 12.1 Å². The Morgan fingerprint density at radius 1 is 1.09 bits per heavy atom. The minimum absolute atomic E-state index is 0.0772. The summed E-state index contributed by atoms with van der Waals surface area (Å²) in [5.41, 5.74) is 5.20. The fourth-order valence-corrected chi connectivity index (χ4v) is 5.73. The van der Waals surface area contributed by atoms with Gasteiger partial charge in [-0.25, -0.2) is 0 Å². The van der Waals surface area contributed by atoms with Gasteiger partial charge in [0.25, 0.3) is 0 Å². The summed E-state index contributed by atoms with van der Waals surface area (Å²) in [5, 5.41) is 8.81. The smallest absolute Gasteiger partial charge is 0.240 e. The molecule has 0 bridgehead atoms. The average Bonchev–Trinajstić information content (AvgIpc) is 3.28. The highest BCUT2D eigenvalue weighted by molar-refractivity contribution is 6.31. The van der Waals surface area contributed by atoms with E-state index in [4.69, 9.17) is 21.1 Å². The number of nitrogens with zero attached hydrogens (tertiary/aromatic N) is 3. The fourth-order valence-electron chi connectivity index (χ4n) is 5.44. The predicted molar refractivity (Wildman–Crippen MR) is 136 cm³/mol. The van der Waals surface area contributed by atoms with E-state index in [0.717, 1.165) is 62.7 Å². The lowest BCUT2D eigenvalue weighted by atomic mass is 9.63. The van der Waals surface area contributed by atoms with Gasteiger partial charge in [0.15, 0.2) is 5.82 Å². The first-order chi connectivity index (χ1) is 16.5. The molecule has 1 aliphatic heterocycles. The first-order valence-electron chi connectivity index (χ1n) is 12.6. The largest absolute Gasteiger partial charge is 0.338 e. The Hall–Kier alpha value is -2.21. The lowest BCUT2D eigenvalue weighted by Crippen LogP contribution is -2.38. The number of hydrogen-bond donors (Lipinski definition) is 1. The Bertz CT molecular complexity index is 1120. The molecule has 5 rings (SSSR count). The molecule has 1 N–H and O–H groups in total. The number of aromatic nitrogens is 2. The van der Waals surface area contributed by atoms with Crippen molar-refractivity contribution in [3.05, 3.63) is 81.5 Å². The zero-order valence-electron chi connectivity index (χ0n) is 20.3. The van der Waals surface area contributed by atoms with Crippen LogP contribution < -0.4 is 5.32 Å². The summed E-state index contributed by atoms with van der Waals surface area (Å²) >= 11 is 6.40. The summed E-state index contributed by atoms with van der Waals surface area (Å²) in [6, 6.07) is 15.0. The second-order valence-electron chi connectivity index (χ2n) is 10.1. The van der Waals surface area contributed by atoms with Crippen LogP contribution >= 0.6 is 11.6 Å². The van der Waals surface area contributed by atoms with Gasteiger partial charge in [-0.05, 0) is 86.9 Å². The highest BCUT2D eigenvalue weighted by Crippen LogP contribution is 2.48. The molecular weight excluding hydrogens is 444 g/mol. The van der Waals surface area contributed by atoms with E-state index in [1.54, 1.807) is 0 Å². The van der Waals surface area contributed by atoms with Crippen LogP contribution in [0.1, 0.15) is 72.0 Å². The molecule has 2 fully saturated rings. The zero-order valence-corrected chi connectivity index (χ0v) is 21.1. The summed E-state index contributed by atoms with van der Waals surface area (Å²) < 4.78 is 5.64. The third-order valence-corrected chi connectivity index (χ3v) is 8.32. The first-order valence-corrected chi connectivity index (χ1v) is 13.0. The first kappa shape index (κ1) is 23.5. The molecule has 2 heterocycles. The quantitative estimate of drug-likeness (QED) is 0.416. The molecule has 2 aromatic carbocycles. The van der Waals surface area contributed by atoms with Crippen LogP contribution in [0.4, 0.5) is 0 Å². The summed E-state index contributed by atoms with van der Waals surface area (Å²) in [7, 11) is 0. The normalized spacial score (nSPS) is 18.7. The number of aryl methyl sites for hydroxylation is 2. The lowest BCUT2D eigenvalue weighted by molar-refractivity contribution is 0.211. The van der Waals surface area contributed by atoms with Gasteiger partial charge >= 0.3 is 0 Å². The van der Waals surface area contributed by atoms with E-state index >= 15 is 0 Å². The van der Waals surface area contributed by atoms with Crippen molar-refractivity contribution in [3.8, 4) is 0 Å². The van der Waals surface area contributed by atoms with Gasteiger partial charge in [-0.15, -0.1) is 0 Å². The number of hydrogen-bond acceptors (Lipinski definition) is 5. The number of likely N-dealkylation sites (tertiary alicyclic amines) is 1. The van der Waals surface area contributed by atoms with Crippen LogP contribution in [-0.2, 0) is 12.0 Å². The Balaban J connectivity index is 1.10. The van der Waals surface area contributed by atoms with E-state index in [1.165, 1.54) is 28.7 Å². The molecule has 1 aliphatic carbocycles. The minimum Gasteiger partial charge on any atom is -0.338 e. The monoisotopic (exact) mass is 478 g/mol. The topological polar surface area (TPSA) is 54.2 Å². The summed E-state index contributed by atoms with van der Waals surface area (Å²) in [4.78, 5) is 7.33. The van der Waals surface area contributed by atoms with Crippen molar-refractivity contribution in [1.82, 2.24) is 20.4 Å². The fraction of sp³-hybridized carbons (Fsp3) is 0.500. The third-order valence-electron chi connectivity index (χ3n) is 7.98. The molecule has 34 heavy (non-hydrogen) atoms. The van der Waals surface area contributed by atoms with Gasteiger partial charge in [0.05, 0.1) is 12.0 Å². The van der Waals surface area contributed by atoms with Crippen molar-refractivity contribution < 1.29 is 4.52 Å². The molecule has 0 spiro atoms. The van der Waals surface area contributed by atoms with Crippen LogP contribution in [0.25, 0.3) is 0 Å². The van der Waals surface area contributed by atoms with Gasteiger partial charge in [0.1, 0.15) is 0 Å². The summed E-state index contributed by atoms with van der Waals surface area (Å²) in [6.45, 7) is 9.12. The van der Waals surface area contributed by atoms with E-state index in [0.29, 0.717) is 18.4 Å². The molecular formula is C28H35ClN4O. The number of halogens is 1. The molecule has 0 unspecified atom stereocenters. The lowest BCUT2D eigenvalue weighted by Gasteiger charge is -2.39. The van der Waals surface area contributed by atoms with E-state index < -0.39 is 0 Å². The molecule has 1 saturated heterocycles. The minimum atomic E-state index is -0.0772. The molecule has 1 aromatic heterocycles. The molecule has 5 nitrogen and oxygen atoms in total. The highest BCUT2D eigenvalue weighted by atomic mass is 35.5. The Morgan fingerprint density at radius 3 is 2.59 bits per heavy atom. The summed E-state index contributed by atoms with van der Waals surface area (Å²) in [5.74, 6) is 2.11. The van der Waals surface area contributed by atoms with Crippen molar-refractivity contribution in [3.63, 3.8) is 0 Å². The molecule has 2 aliphatic rings. The second kappa shape index (κ2) is 10.2. The highest BCUT2D eigenvalue weighted by Gasteiger charge is 2.44. The van der Waals surface area contributed by atoms with Crippen LogP contribution in [0.2, 0.25) is 5.02 Å². The number of piperidine rings is 1. The maximum absolute atomic E-state index is 6.40. The molecule has 0 radical (unpaired) electrons. The van der Waals surface area contributed by atoms with Gasteiger partial charge in [-0.1, -0.05) is 59.6 Å². The Morgan fingerprint density at radius 2 is 1.88 bits per heavy atom. The molecule has 3 aromatic rings. The molecule has 0 atom stereocenters. The average molecular weight is 479 g/mol. The van der Waals surface area contributed by atoms with E-state index in [2.05, 4.69) is 59.6 Å². The van der Waals surface area contributed by atoms with Crippen LogP contribution in [0.15, 0.2) is 47.0 Å². The van der Waals surface area contributed by atoms with Crippen LogP contribution in [0.3, 0.4) is 0 Å². The van der Waals surface area contributed by atoms with Crippen LogP contribution in [-0.4, -0.2) is 41.2 Å². The Kier molecular flexibility index (Phi) is 7.05. The molecule has 0 amide bonds. The van der Waals surface area contributed by atoms with Crippen molar-refractivity contribution in [2.75, 3.05) is 26.2 Å². The maximum atomic E-state index is 6.40. The maximum Gasteiger partial charge on any atom is 0.240 e. The van der Waals surface area contributed by atoms with Crippen LogP contribution in [0, 0.1) is 13.8 Å². The second-order valence-corrected chi connectivity index (χ2v) is 10.5. The number of nitrogens with one attached hydrogen (secondary N) is 1. The van der Waals surface area contributed by atoms with E-state index in [-0.39, 0.29) is 5.41 Å². The van der Waals surface area contributed by atoms with Crippen molar-refractivity contribution >= 4 is 11.6 Å². The number of benzene rings is 2. The molecule has 180 valence electrons. The van der Waals surface area contributed by atoms with Crippen LogP contribution in [0.5, 0.6) is 0 Å². The van der Waals surface area contributed by atoms with Crippen molar-refractivity contribution in [2.45, 2.75) is 63.8 Å².